The van der Waals surface area contributed by atoms with E-state index in [1.807, 2.05) is 0 Å². The van der Waals surface area contributed by atoms with E-state index >= 15 is 0 Å². The first-order valence-corrected chi connectivity index (χ1v) is 6.20. The fraction of sp³-hybridized carbons (Fsp3) is 0.0909. The molecule has 0 radical (unpaired) electrons. The number of hydrazone groups is 1. The van der Waals surface area contributed by atoms with Gasteiger partial charge in [-0.2, -0.15) is 5.10 Å². The fourth-order valence-electron chi connectivity index (χ4n) is 1.06. The van der Waals surface area contributed by atoms with Crippen molar-refractivity contribution in [3.63, 3.8) is 0 Å². The molecule has 1 aromatic rings. The first-order valence-electron chi connectivity index (χ1n) is 4.69. The monoisotopic (exact) mass is 324 g/mol. The standard InChI is InChI=1S/C11H8Cl4N2O/c1-17(16-5-9(14)10(15)6-18)11-3-2-7(12)4-8(11)13/h2-6H,1H3/b10-9-,16-5-. The number of aldehydes is 1. The molecule has 0 amide bonds. The molecule has 0 saturated heterocycles. The van der Waals surface area contributed by atoms with Crippen LogP contribution in [-0.4, -0.2) is 19.5 Å². The van der Waals surface area contributed by atoms with E-state index in [1.165, 1.54) is 11.2 Å². The molecule has 18 heavy (non-hydrogen) atoms. The first-order chi connectivity index (χ1) is 8.45. The fourth-order valence-corrected chi connectivity index (χ4v) is 1.73. The van der Waals surface area contributed by atoms with Crippen LogP contribution in [0, 0.1) is 0 Å². The molecule has 0 heterocycles. The van der Waals surface area contributed by atoms with Crippen LogP contribution in [0.15, 0.2) is 33.4 Å². The number of allylic oxidation sites excluding steroid dienone is 2. The second-order valence-electron chi connectivity index (χ2n) is 3.18. The maximum Gasteiger partial charge on any atom is 0.162 e. The highest BCUT2D eigenvalue weighted by atomic mass is 35.5. The largest absolute Gasteiger partial charge is 0.297 e. The van der Waals surface area contributed by atoms with Crippen molar-refractivity contribution < 1.29 is 4.79 Å². The molecule has 0 aliphatic rings. The van der Waals surface area contributed by atoms with Gasteiger partial charge < -0.3 is 0 Å². The van der Waals surface area contributed by atoms with Crippen molar-refractivity contribution in [3.8, 4) is 0 Å². The molecule has 0 saturated carbocycles. The van der Waals surface area contributed by atoms with Crippen molar-refractivity contribution in [2.45, 2.75) is 0 Å². The first kappa shape index (κ1) is 15.3. The SMILES string of the molecule is CN(/N=C\C(Cl)=C(\Cl)C=O)c1ccc(Cl)cc1Cl. The Morgan fingerprint density at radius 3 is 2.50 bits per heavy atom. The third kappa shape index (κ3) is 4.18. The molecule has 0 fully saturated rings. The predicted molar refractivity (Wildman–Crippen MR) is 78.2 cm³/mol. The maximum absolute atomic E-state index is 10.4. The van der Waals surface area contributed by atoms with Crippen molar-refractivity contribution in [1.82, 2.24) is 0 Å². The summed E-state index contributed by atoms with van der Waals surface area (Å²) in [7, 11) is 1.67. The van der Waals surface area contributed by atoms with Crippen LogP contribution in [0.5, 0.6) is 0 Å². The topological polar surface area (TPSA) is 32.7 Å². The van der Waals surface area contributed by atoms with Gasteiger partial charge in [-0.15, -0.1) is 0 Å². The number of hydrogen-bond donors (Lipinski definition) is 0. The normalized spacial score (nSPS) is 12.5. The molecule has 3 nitrogen and oxygen atoms in total. The Bertz CT molecular complexity index is 514. The molecular formula is C11H8Cl4N2O. The van der Waals surface area contributed by atoms with E-state index in [-0.39, 0.29) is 10.1 Å². The zero-order valence-electron chi connectivity index (χ0n) is 9.20. The van der Waals surface area contributed by atoms with Gasteiger partial charge in [0.1, 0.15) is 5.03 Å². The summed E-state index contributed by atoms with van der Waals surface area (Å²) in [6, 6.07) is 4.99. The van der Waals surface area contributed by atoms with Gasteiger partial charge in [-0.05, 0) is 18.2 Å². The van der Waals surface area contributed by atoms with Crippen LogP contribution in [0.3, 0.4) is 0 Å². The number of carbonyl (C=O) groups is 1. The van der Waals surface area contributed by atoms with Crippen molar-refractivity contribution in [2.24, 2.45) is 5.10 Å². The summed E-state index contributed by atoms with van der Waals surface area (Å²) in [4.78, 5) is 10.4. The van der Waals surface area contributed by atoms with Gasteiger partial charge in [-0.1, -0.05) is 46.4 Å². The smallest absolute Gasteiger partial charge is 0.162 e. The van der Waals surface area contributed by atoms with E-state index in [1.54, 1.807) is 25.2 Å². The van der Waals surface area contributed by atoms with Crippen LogP contribution in [0.4, 0.5) is 5.69 Å². The molecular weight excluding hydrogens is 318 g/mol. The summed E-state index contributed by atoms with van der Waals surface area (Å²) in [6.45, 7) is 0. The van der Waals surface area contributed by atoms with E-state index < -0.39 is 0 Å². The lowest BCUT2D eigenvalue weighted by Gasteiger charge is -2.14. The molecule has 7 heteroatoms. The summed E-state index contributed by atoms with van der Waals surface area (Å²) >= 11 is 23.0. The maximum atomic E-state index is 10.4. The highest BCUT2D eigenvalue weighted by Gasteiger charge is 2.05. The van der Waals surface area contributed by atoms with Crippen LogP contribution in [0.2, 0.25) is 10.0 Å². The Morgan fingerprint density at radius 2 is 1.94 bits per heavy atom. The van der Waals surface area contributed by atoms with E-state index in [4.69, 9.17) is 46.4 Å². The number of anilines is 1. The zero-order valence-corrected chi connectivity index (χ0v) is 12.2. The van der Waals surface area contributed by atoms with Gasteiger partial charge in [0.25, 0.3) is 0 Å². The van der Waals surface area contributed by atoms with Gasteiger partial charge >= 0.3 is 0 Å². The molecule has 0 spiro atoms. The highest BCUT2D eigenvalue weighted by molar-refractivity contribution is 6.50. The minimum Gasteiger partial charge on any atom is -0.297 e. The zero-order chi connectivity index (χ0) is 13.7. The van der Waals surface area contributed by atoms with Gasteiger partial charge in [0, 0.05) is 12.1 Å². The Labute approximate surface area is 125 Å². The molecule has 0 aromatic heterocycles. The summed E-state index contributed by atoms with van der Waals surface area (Å²) in [5.41, 5.74) is 0.643. The summed E-state index contributed by atoms with van der Waals surface area (Å²) < 4.78 is 0. The van der Waals surface area contributed by atoms with Crippen LogP contribution in [0.25, 0.3) is 0 Å². The molecule has 0 N–H and O–H groups in total. The Morgan fingerprint density at radius 1 is 1.28 bits per heavy atom. The molecule has 0 bridgehead atoms. The molecule has 0 aliphatic heterocycles. The summed E-state index contributed by atoms with van der Waals surface area (Å²) in [5.74, 6) is 0. The molecule has 0 aliphatic carbocycles. The number of nitrogens with zero attached hydrogens (tertiary/aromatic N) is 2. The van der Waals surface area contributed by atoms with Gasteiger partial charge in [-0.3, -0.25) is 9.80 Å². The van der Waals surface area contributed by atoms with Gasteiger partial charge in [0.05, 0.1) is 22.0 Å². The lowest BCUT2D eigenvalue weighted by atomic mass is 10.3. The lowest BCUT2D eigenvalue weighted by Crippen LogP contribution is -2.09. The average molecular weight is 326 g/mol. The van der Waals surface area contributed by atoms with Crippen molar-refractivity contribution in [3.05, 3.63) is 38.3 Å². The van der Waals surface area contributed by atoms with Crippen molar-refractivity contribution >= 4 is 64.6 Å². The average Bonchev–Trinajstić information content (AvgIpc) is 2.34. The summed E-state index contributed by atoms with van der Waals surface area (Å²) in [6.07, 6.45) is 1.69. The highest BCUT2D eigenvalue weighted by Crippen LogP contribution is 2.28. The van der Waals surface area contributed by atoms with E-state index in [0.29, 0.717) is 22.0 Å². The van der Waals surface area contributed by atoms with E-state index in [2.05, 4.69) is 5.10 Å². The molecule has 0 atom stereocenters. The Kier molecular flexibility index (Phi) is 5.96. The minimum atomic E-state index is -0.115. The predicted octanol–water partition coefficient (Wildman–Crippen LogP) is 4.30. The second-order valence-corrected chi connectivity index (χ2v) is 4.84. The van der Waals surface area contributed by atoms with E-state index in [0.717, 1.165) is 0 Å². The summed E-state index contributed by atoms with van der Waals surface area (Å²) in [5, 5.41) is 6.39. The molecule has 0 unspecified atom stereocenters. The van der Waals surface area contributed by atoms with Crippen LogP contribution in [0.1, 0.15) is 0 Å². The number of hydrogen-bond acceptors (Lipinski definition) is 3. The third-order valence-corrected chi connectivity index (χ3v) is 3.16. The molecule has 96 valence electrons. The van der Waals surface area contributed by atoms with Gasteiger partial charge in [0.2, 0.25) is 0 Å². The van der Waals surface area contributed by atoms with Gasteiger partial charge in [0.15, 0.2) is 6.29 Å². The number of halogens is 4. The van der Waals surface area contributed by atoms with Crippen LogP contribution >= 0.6 is 46.4 Å². The minimum absolute atomic E-state index is 0.0450. The molecule has 1 rings (SSSR count). The van der Waals surface area contributed by atoms with E-state index in [9.17, 15) is 4.79 Å². The number of rotatable bonds is 4. The quantitative estimate of drug-likeness (QED) is 0.358. The number of benzene rings is 1. The Balaban J connectivity index is 2.92. The van der Waals surface area contributed by atoms with Crippen molar-refractivity contribution in [1.29, 1.82) is 0 Å². The van der Waals surface area contributed by atoms with Gasteiger partial charge in [-0.25, -0.2) is 0 Å². The number of carbonyl (C=O) groups excluding carboxylic acids is 1. The lowest BCUT2D eigenvalue weighted by molar-refractivity contribution is -0.104. The van der Waals surface area contributed by atoms with Crippen molar-refractivity contribution in [2.75, 3.05) is 12.1 Å². The van der Waals surface area contributed by atoms with Crippen LogP contribution < -0.4 is 5.01 Å². The van der Waals surface area contributed by atoms with Crippen LogP contribution in [-0.2, 0) is 4.79 Å². The molecule has 1 aromatic carbocycles. The Hall–Kier alpha value is -0.740. The third-order valence-electron chi connectivity index (χ3n) is 1.93. The second kappa shape index (κ2) is 7.00.